The molecule has 5 heterocycles. The summed E-state index contributed by atoms with van der Waals surface area (Å²) in [5, 5.41) is 31.0. The minimum absolute atomic E-state index is 0.119. The Hall–Kier alpha value is -4.33. The first-order chi connectivity index (χ1) is 18.5. The molecule has 204 valence electrons. The molecular formula is C25H25F3N8O3. The first-order valence-electron chi connectivity index (χ1n) is 12.1. The average molecular weight is 543 g/mol. The van der Waals surface area contributed by atoms with E-state index in [0.717, 1.165) is 43.1 Å². The first-order valence-corrected chi connectivity index (χ1v) is 12.1. The number of nitrogens with zero attached hydrogens (tertiary/aromatic N) is 8. The van der Waals surface area contributed by atoms with Crippen LogP contribution in [0.1, 0.15) is 12.8 Å². The number of phenols is 1. The molecule has 0 atom stereocenters. The average Bonchev–Trinajstić information content (AvgIpc) is 3.36. The number of carboxylic acid groups (broad SMARTS) is 1. The second kappa shape index (κ2) is 10.1. The summed E-state index contributed by atoms with van der Waals surface area (Å²) < 4.78 is 33.4. The number of hydrogen-bond donors (Lipinski definition) is 2. The summed E-state index contributed by atoms with van der Waals surface area (Å²) >= 11 is 0. The maximum Gasteiger partial charge on any atom is 0.490 e. The predicted molar refractivity (Wildman–Crippen MR) is 134 cm³/mol. The Morgan fingerprint density at radius 3 is 2.36 bits per heavy atom. The van der Waals surface area contributed by atoms with Gasteiger partial charge in [-0.05, 0) is 57.2 Å². The van der Waals surface area contributed by atoms with Crippen LogP contribution in [0, 0.1) is 5.41 Å². The maximum atomic E-state index is 10.6. The van der Waals surface area contributed by atoms with Crippen molar-refractivity contribution in [3.05, 3.63) is 48.9 Å². The molecule has 0 aliphatic carbocycles. The lowest BCUT2D eigenvalue weighted by molar-refractivity contribution is -0.192. The summed E-state index contributed by atoms with van der Waals surface area (Å²) in [6.45, 7) is 4.31. The molecule has 2 aliphatic heterocycles. The van der Waals surface area contributed by atoms with Crippen LogP contribution in [0.2, 0.25) is 0 Å². The molecule has 2 aliphatic rings. The van der Waals surface area contributed by atoms with Crippen LogP contribution in [0.3, 0.4) is 0 Å². The molecule has 39 heavy (non-hydrogen) atoms. The van der Waals surface area contributed by atoms with Crippen LogP contribution in [0.4, 0.5) is 19.1 Å². The van der Waals surface area contributed by atoms with Crippen LogP contribution in [-0.2, 0) is 4.79 Å². The SMILES string of the molecule is CN1CCC2(CC1)CN(c1ncc(-c3ccc(-c4ccc5nccn5n4)cc3O)nn1)C2.O=C(O)C(F)(F)F. The fourth-order valence-electron chi connectivity index (χ4n) is 4.73. The highest BCUT2D eigenvalue weighted by molar-refractivity contribution is 5.73. The van der Waals surface area contributed by atoms with Gasteiger partial charge in [0, 0.05) is 42.0 Å². The number of likely N-dealkylation sites (tertiary alicyclic amines) is 1. The Kier molecular flexibility index (Phi) is 6.80. The number of carbonyl (C=O) groups is 1. The van der Waals surface area contributed by atoms with Gasteiger partial charge in [0.05, 0.1) is 11.9 Å². The molecule has 2 saturated heterocycles. The molecule has 4 aromatic rings. The van der Waals surface area contributed by atoms with Crippen LogP contribution in [0.15, 0.2) is 48.9 Å². The number of halogens is 3. The third-order valence-electron chi connectivity index (χ3n) is 7.00. The van der Waals surface area contributed by atoms with Crippen molar-refractivity contribution in [1.82, 2.24) is 34.7 Å². The van der Waals surface area contributed by atoms with Gasteiger partial charge < -0.3 is 20.0 Å². The summed E-state index contributed by atoms with van der Waals surface area (Å²) in [5.74, 6) is -1.98. The first kappa shape index (κ1) is 26.3. The van der Waals surface area contributed by atoms with E-state index in [1.54, 1.807) is 29.2 Å². The third-order valence-corrected chi connectivity index (χ3v) is 7.00. The number of aromatic nitrogens is 6. The number of aliphatic carboxylic acids is 1. The number of phenolic OH excluding ortho intramolecular Hbond substituents is 1. The lowest BCUT2D eigenvalue weighted by atomic mass is 9.72. The summed E-state index contributed by atoms with van der Waals surface area (Å²) in [7, 11) is 2.19. The van der Waals surface area contributed by atoms with Crippen molar-refractivity contribution in [3.63, 3.8) is 0 Å². The third kappa shape index (κ3) is 5.60. The van der Waals surface area contributed by atoms with Crippen molar-refractivity contribution in [2.45, 2.75) is 19.0 Å². The van der Waals surface area contributed by atoms with Crippen LogP contribution in [0.5, 0.6) is 5.75 Å². The molecule has 1 spiro atoms. The minimum atomic E-state index is -5.08. The van der Waals surface area contributed by atoms with E-state index < -0.39 is 12.1 Å². The fraction of sp³-hybridized carbons (Fsp3) is 0.360. The van der Waals surface area contributed by atoms with Gasteiger partial charge >= 0.3 is 12.1 Å². The summed E-state index contributed by atoms with van der Waals surface area (Å²) in [4.78, 5) is 22.2. The number of carboxylic acids is 1. The molecule has 0 bridgehead atoms. The van der Waals surface area contributed by atoms with E-state index in [9.17, 15) is 18.3 Å². The number of imidazole rings is 1. The molecule has 3 aromatic heterocycles. The van der Waals surface area contributed by atoms with E-state index >= 15 is 0 Å². The number of rotatable bonds is 3. The Labute approximate surface area is 220 Å². The van der Waals surface area contributed by atoms with Crippen molar-refractivity contribution in [2.24, 2.45) is 5.41 Å². The molecule has 0 saturated carbocycles. The maximum absolute atomic E-state index is 10.6. The molecular weight excluding hydrogens is 517 g/mol. The van der Waals surface area contributed by atoms with Crippen LogP contribution < -0.4 is 4.90 Å². The Balaban J connectivity index is 0.000000392. The Bertz CT molecular complexity index is 1480. The number of benzene rings is 1. The van der Waals surface area contributed by atoms with Gasteiger partial charge in [-0.3, -0.25) is 0 Å². The molecule has 2 N–H and O–H groups in total. The van der Waals surface area contributed by atoms with E-state index in [1.165, 1.54) is 12.8 Å². The van der Waals surface area contributed by atoms with Gasteiger partial charge in [0.15, 0.2) is 5.65 Å². The molecule has 11 nitrogen and oxygen atoms in total. The zero-order valence-corrected chi connectivity index (χ0v) is 20.9. The van der Waals surface area contributed by atoms with Crippen LogP contribution >= 0.6 is 0 Å². The highest BCUT2D eigenvalue weighted by atomic mass is 19.4. The largest absolute Gasteiger partial charge is 0.507 e. The normalized spacial score (nSPS) is 17.0. The van der Waals surface area contributed by atoms with Gasteiger partial charge in [-0.15, -0.1) is 10.2 Å². The van der Waals surface area contributed by atoms with Crippen LogP contribution in [-0.4, -0.2) is 90.3 Å². The van der Waals surface area contributed by atoms with Crippen molar-refractivity contribution in [1.29, 1.82) is 0 Å². The van der Waals surface area contributed by atoms with E-state index in [-0.39, 0.29) is 5.75 Å². The predicted octanol–water partition coefficient (Wildman–Crippen LogP) is 3.12. The molecule has 14 heteroatoms. The topological polar surface area (TPSA) is 133 Å². The van der Waals surface area contributed by atoms with Crippen molar-refractivity contribution < 1.29 is 28.2 Å². The van der Waals surface area contributed by atoms with Crippen molar-refractivity contribution >= 4 is 17.6 Å². The van der Waals surface area contributed by atoms with Crippen molar-refractivity contribution in [3.8, 4) is 28.3 Å². The van der Waals surface area contributed by atoms with Gasteiger partial charge in [-0.1, -0.05) is 6.07 Å². The van der Waals surface area contributed by atoms with Gasteiger partial charge in [0.2, 0.25) is 5.95 Å². The van der Waals surface area contributed by atoms with Crippen molar-refractivity contribution in [2.75, 3.05) is 38.1 Å². The second-order valence-electron chi connectivity index (χ2n) is 9.79. The monoisotopic (exact) mass is 542 g/mol. The molecule has 6 rings (SSSR count). The highest BCUT2D eigenvalue weighted by Gasteiger charge is 2.45. The van der Waals surface area contributed by atoms with Crippen LogP contribution in [0.25, 0.3) is 28.2 Å². The Morgan fingerprint density at radius 1 is 1.03 bits per heavy atom. The molecule has 1 aromatic carbocycles. The fourth-order valence-corrected chi connectivity index (χ4v) is 4.73. The zero-order valence-electron chi connectivity index (χ0n) is 20.9. The summed E-state index contributed by atoms with van der Waals surface area (Å²) in [6.07, 6.45) is 2.56. The van der Waals surface area contributed by atoms with Gasteiger partial charge in [-0.2, -0.15) is 18.3 Å². The lowest BCUT2D eigenvalue weighted by Crippen LogP contribution is -2.60. The summed E-state index contributed by atoms with van der Waals surface area (Å²) in [5.41, 5.74) is 3.89. The molecule has 0 radical (unpaired) electrons. The highest BCUT2D eigenvalue weighted by Crippen LogP contribution is 2.41. The number of anilines is 1. The number of alkyl halides is 3. The van der Waals surface area contributed by atoms with E-state index in [4.69, 9.17) is 9.90 Å². The molecule has 2 fully saturated rings. The number of aromatic hydroxyl groups is 1. The van der Waals surface area contributed by atoms with E-state index in [2.05, 4.69) is 42.1 Å². The molecule has 0 unspecified atom stereocenters. The standard InChI is InChI=1S/C23H24N8O.C2HF3O2/c1-29-9-6-23(7-10-29)14-30(15-23)22-25-13-19(26-27-22)17-3-2-16(12-20(17)32)18-4-5-21-24-8-11-31(21)28-18;3-2(4,5)1(6)7/h2-5,8,11-13,32H,6-7,9-10,14-15H2,1H3;(H,6,7). The quantitative estimate of drug-likeness (QED) is 0.398. The smallest absolute Gasteiger partial charge is 0.490 e. The lowest BCUT2D eigenvalue weighted by Gasteiger charge is -2.53. The molecule has 0 amide bonds. The van der Waals surface area contributed by atoms with E-state index in [0.29, 0.717) is 22.6 Å². The van der Waals surface area contributed by atoms with E-state index in [1.807, 2.05) is 24.3 Å². The number of piperidine rings is 1. The second-order valence-corrected chi connectivity index (χ2v) is 9.79. The van der Waals surface area contributed by atoms with Gasteiger partial charge in [0.25, 0.3) is 0 Å². The number of hydrogen-bond acceptors (Lipinski definition) is 9. The zero-order chi connectivity index (χ0) is 27.8. The Morgan fingerprint density at radius 2 is 1.74 bits per heavy atom. The summed E-state index contributed by atoms with van der Waals surface area (Å²) in [6, 6.07) is 9.21. The van der Waals surface area contributed by atoms with Gasteiger partial charge in [0.1, 0.15) is 11.4 Å². The van der Waals surface area contributed by atoms with Gasteiger partial charge in [-0.25, -0.2) is 19.3 Å². The number of fused-ring (bicyclic) bond motifs is 1. The minimum Gasteiger partial charge on any atom is -0.507 e.